The number of Topliss-reactive ketones (excluding diaryl/α,β-unsaturated/α-hetero) is 2. The SMILES string of the molecule is [C-]#[N+]C1=C(C)C(CCC(CC)CO)=C(O)CC1=O.[C-]#[N+]C1=C(C)C(CCCCO)=C(O)CC1=O.[C-]#[N+]C1=C(O)CC(=O)C=C1C. The number of carbonyl (C=O) groups is 3. The summed E-state index contributed by atoms with van der Waals surface area (Å²) in [5, 5.41) is 46.4. The van der Waals surface area contributed by atoms with Gasteiger partial charge in [-0.1, -0.05) is 13.3 Å². The van der Waals surface area contributed by atoms with E-state index in [-0.39, 0.29) is 90.1 Å². The molecule has 0 spiro atoms. The number of aliphatic hydroxyl groups excluding tert-OH is 5. The van der Waals surface area contributed by atoms with Gasteiger partial charge in [0.15, 0.2) is 17.3 Å². The molecule has 3 aliphatic rings. The molecule has 240 valence electrons. The van der Waals surface area contributed by atoms with Crippen LogP contribution in [0.4, 0.5) is 0 Å². The lowest BCUT2D eigenvalue weighted by atomic mass is 9.88. The summed E-state index contributed by atoms with van der Waals surface area (Å²) in [5.74, 6) is -0.510. The maximum Gasteiger partial charge on any atom is 0.232 e. The van der Waals surface area contributed by atoms with Crippen molar-refractivity contribution in [1.29, 1.82) is 0 Å². The Morgan fingerprint density at radius 1 is 0.733 bits per heavy atom. The Bertz CT molecular complexity index is 1500. The van der Waals surface area contributed by atoms with Crippen molar-refractivity contribution >= 4 is 17.3 Å². The zero-order valence-electron chi connectivity index (χ0n) is 26.2. The molecule has 0 aromatic carbocycles. The van der Waals surface area contributed by atoms with Crippen molar-refractivity contribution in [1.82, 2.24) is 0 Å². The second-order valence-corrected chi connectivity index (χ2v) is 10.8. The van der Waals surface area contributed by atoms with Crippen molar-refractivity contribution in [3.8, 4) is 0 Å². The minimum absolute atomic E-state index is 0.0327. The second-order valence-electron chi connectivity index (χ2n) is 10.8. The Hall–Kier alpha value is -4.76. The molecule has 0 bridgehead atoms. The average molecular weight is 620 g/mol. The second kappa shape index (κ2) is 18.8. The van der Waals surface area contributed by atoms with Crippen LogP contribution in [0.3, 0.4) is 0 Å². The van der Waals surface area contributed by atoms with Crippen molar-refractivity contribution in [2.75, 3.05) is 13.2 Å². The highest BCUT2D eigenvalue weighted by Gasteiger charge is 2.26. The van der Waals surface area contributed by atoms with E-state index in [2.05, 4.69) is 14.5 Å². The molecule has 0 aromatic heterocycles. The van der Waals surface area contributed by atoms with Crippen LogP contribution in [0.25, 0.3) is 14.5 Å². The van der Waals surface area contributed by atoms with Gasteiger partial charge in [0.05, 0.1) is 39.0 Å². The highest BCUT2D eigenvalue weighted by Crippen LogP contribution is 2.32. The first-order valence-electron chi connectivity index (χ1n) is 14.6. The molecule has 1 atom stereocenters. The van der Waals surface area contributed by atoms with Crippen LogP contribution in [-0.4, -0.2) is 56.1 Å². The summed E-state index contributed by atoms with van der Waals surface area (Å²) in [6, 6.07) is 0. The average Bonchev–Trinajstić information content (AvgIpc) is 2.97. The normalized spacial score (nSPS) is 17.5. The highest BCUT2D eigenvalue weighted by atomic mass is 16.3. The molecule has 0 saturated heterocycles. The molecule has 45 heavy (non-hydrogen) atoms. The van der Waals surface area contributed by atoms with E-state index >= 15 is 0 Å². The Kier molecular flexibility index (Phi) is 16.0. The van der Waals surface area contributed by atoms with E-state index in [1.165, 1.54) is 6.08 Å². The third-order valence-corrected chi connectivity index (χ3v) is 7.67. The van der Waals surface area contributed by atoms with Crippen LogP contribution in [0.1, 0.15) is 85.5 Å². The maximum absolute atomic E-state index is 11.5. The van der Waals surface area contributed by atoms with E-state index in [9.17, 15) is 24.6 Å². The monoisotopic (exact) mass is 619 g/mol. The lowest BCUT2D eigenvalue weighted by Gasteiger charge is -2.19. The number of rotatable bonds is 9. The first-order chi connectivity index (χ1) is 21.3. The molecule has 0 heterocycles. The standard InChI is InChI=1S/C14H19NO3.C12H15NO3.C8H7NO2/c1-4-10(8-16)5-6-11-9(2)14(15-3)13(18)7-12(11)17;1-8-9(5-3-4-6-14)10(15)7-11(16)12(8)13-2;1-5-3-6(10)4-7(11)8(5)9-2/h10,16-17H,4-8H2,1-2H3;14-15H,3-7H2,1H3;3,11H,4H2,1H3. The van der Waals surface area contributed by atoms with Crippen molar-refractivity contribution < 1.29 is 39.9 Å². The number of allylic oxidation sites excluding steroid dienone is 11. The fraction of sp³-hybridized carbons (Fsp3) is 0.471. The summed E-state index contributed by atoms with van der Waals surface area (Å²) >= 11 is 0. The molecule has 1 unspecified atom stereocenters. The Labute approximate surface area is 264 Å². The first-order valence-corrected chi connectivity index (χ1v) is 14.6. The maximum atomic E-state index is 11.5. The van der Waals surface area contributed by atoms with Crippen LogP contribution in [0, 0.1) is 25.6 Å². The third kappa shape index (κ3) is 10.7. The summed E-state index contributed by atoms with van der Waals surface area (Å²) < 4.78 is 0. The van der Waals surface area contributed by atoms with Crippen molar-refractivity contribution in [3.05, 3.63) is 103 Å². The smallest absolute Gasteiger partial charge is 0.232 e. The van der Waals surface area contributed by atoms with Crippen LogP contribution in [0.5, 0.6) is 0 Å². The Morgan fingerprint density at radius 3 is 1.62 bits per heavy atom. The summed E-state index contributed by atoms with van der Waals surface area (Å²) in [4.78, 5) is 43.3. The van der Waals surface area contributed by atoms with Gasteiger partial charge in [-0.05, 0) is 92.7 Å². The van der Waals surface area contributed by atoms with Gasteiger partial charge in [0.1, 0.15) is 17.3 Å². The molecule has 11 nitrogen and oxygen atoms in total. The van der Waals surface area contributed by atoms with Crippen LogP contribution in [0.2, 0.25) is 0 Å². The number of aliphatic hydroxyl groups is 5. The molecule has 3 aliphatic carbocycles. The topological polar surface area (TPSA) is 165 Å². The van der Waals surface area contributed by atoms with Crippen LogP contribution < -0.4 is 0 Å². The number of hydrogen-bond donors (Lipinski definition) is 5. The fourth-order valence-corrected chi connectivity index (χ4v) is 4.95. The predicted molar refractivity (Wildman–Crippen MR) is 168 cm³/mol. The van der Waals surface area contributed by atoms with Gasteiger partial charge in [-0.2, -0.15) is 0 Å². The summed E-state index contributed by atoms with van der Waals surface area (Å²) in [7, 11) is 0. The van der Waals surface area contributed by atoms with E-state index in [1.807, 2.05) is 6.92 Å². The zero-order chi connectivity index (χ0) is 34.3. The van der Waals surface area contributed by atoms with Crippen LogP contribution in [-0.2, 0) is 14.4 Å². The van der Waals surface area contributed by atoms with E-state index in [1.54, 1.807) is 20.8 Å². The minimum Gasteiger partial charge on any atom is -0.523 e. The van der Waals surface area contributed by atoms with Crippen LogP contribution in [0.15, 0.2) is 68.3 Å². The van der Waals surface area contributed by atoms with Gasteiger partial charge in [-0.15, -0.1) is 0 Å². The number of carbonyl (C=O) groups excluding carboxylic acids is 3. The van der Waals surface area contributed by atoms with Crippen LogP contribution >= 0.6 is 0 Å². The van der Waals surface area contributed by atoms with Gasteiger partial charge in [-0.3, -0.25) is 4.79 Å². The van der Waals surface area contributed by atoms with E-state index in [4.69, 9.17) is 35.0 Å². The van der Waals surface area contributed by atoms with Gasteiger partial charge in [-0.25, -0.2) is 14.5 Å². The largest absolute Gasteiger partial charge is 0.523 e. The molecule has 0 fully saturated rings. The Morgan fingerprint density at radius 2 is 1.22 bits per heavy atom. The molecule has 0 saturated carbocycles. The molecule has 0 aliphatic heterocycles. The Balaban J connectivity index is 0.000000347. The van der Waals surface area contributed by atoms with Gasteiger partial charge < -0.3 is 35.1 Å². The van der Waals surface area contributed by atoms with Gasteiger partial charge in [0.2, 0.25) is 17.1 Å². The number of nitrogens with zero attached hydrogens (tertiary/aromatic N) is 3. The quantitative estimate of drug-likeness (QED) is 0.144. The predicted octanol–water partition coefficient (Wildman–Crippen LogP) is 6.48. The van der Waals surface area contributed by atoms with Crippen molar-refractivity contribution in [2.24, 2.45) is 5.92 Å². The van der Waals surface area contributed by atoms with E-state index < -0.39 is 0 Å². The third-order valence-electron chi connectivity index (χ3n) is 7.67. The zero-order valence-corrected chi connectivity index (χ0v) is 26.2. The molecule has 11 heteroatoms. The minimum atomic E-state index is -0.309. The summed E-state index contributed by atoms with van der Waals surface area (Å²) in [6.45, 7) is 27.9. The first kappa shape index (κ1) is 38.3. The molecule has 0 amide bonds. The van der Waals surface area contributed by atoms with Gasteiger partial charge in [0, 0.05) is 13.2 Å². The highest BCUT2D eigenvalue weighted by molar-refractivity contribution is 6.01. The summed E-state index contributed by atoms with van der Waals surface area (Å²) in [6.07, 6.45) is 5.45. The lowest BCUT2D eigenvalue weighted by molar-refractivity contribution is -0.116. The number of unbranched alkanes of at least 4 members (excludes halogenated alkanes) is 1. The molecule has 3 rings (SSSR count). The van der Waals surface area contributed by atoms with Crippen molar-refractivity contribution in [2.45, 2.75) is 85.5 Å². The summed E-state index contributed by atoms with van der Waals surface area (Å²) in [5.41, 5.74) is 3.61. The lowest BCUT2D eigenvalue weighted by Crippen LogP contribution is -2.14. The number of hydrogen-bond acceptors (Lipinski definition) is 8. The van der Waals surface area contributed by atoms with Gasteiger partial charge in [0.25, 0.3) is 0 Å². The van der Waals surface area contributed by atoms with E-state index in [0.717, 1.165) is 19.3 Å². The fourth-order valence-electron chi connectivity index (χ4n) is 4.95. The molecule has 0 radical (unpaired) electrons. The van der Waals surface area contributed by atoms with E-state index in [0.29, 0.717) is 47.1 Å². The van der Waals surface area contributed by atoms with Gasteiger partial charge >= 0.3 is 0 Å². The molecular formula is C34H41N3O8. The number of ketones is 3. The van der Waals surface area contributed by atoms with Crippen molar-refractivity contribution in [3.63, 3.8) is 0 Å². The molecule has 5 N–H and O–H groups in total. The molecule has 0 aromatic rings. The molecular weight excluding hydrogens is 578 g/mol.